The topological polar surface area (TPSA) is 127 Å². The van der Waals surface area contributed by atoms with Crippen LogP contribution < -0.4 is 11.1 Å². The zero-order valence-corrected chi connectivity index (χ0v) is 18.6. The zero-order valence-electron chi connectivity index (χ0n) is 18.6. The van der Waals surface area contributed by atoms with E-state index in [1.165, 1.54) is 6.33 Å². The molecule has 9 nitrogen and oxygen atoms in total. The SMILES string of the molecule is Cc1cccc(-c2[nH]c(CNC(=O)[C@@H](N)Cc3ccccc3)nc2-c2ccc3ncnn3c2)n1. The second-order valence-electron chi connectivity index (χ2n) is 8.07. The van der Waals surface area contributed by atoms with Gasteiger partial charge in [-0.2, -0.15) is 5.10 Å². The lowest BCUT2D eigenvalue weighted by atomic mass is 10.1. The highest BCUT2D eigenvalue weighted by Crippen LogP contribution is 2.29. The third kappa shape index (κ3) is 4.55. The van der Waals surface area contributed by atoms with Gasteiger partial charge < -0.3 is 16.0 Å². The summed E-state index contributed by atoms with van der Waals surface area (Å²) in [4.78, 5) is 29.6. The number of imidazole rings is 1. The Bertz CT molecular complexity index is 1440. The molecule has 1 aromatic carbocycles. The van der Waals surface area contributed by atoms with Gasteiger partial charge in [-0.3, -0.25) is 9.78 Å². The van der Waals surface area contributed by atoms with Gasteiger partial charge >= 0.3 is 0 Å². The van der Waals surface area contributed by atoms with Crippen molar-refractivity contribution in [3.05, 3.63) is 90.3 Å². The van der Waals surface area contributed by atoms with E-state index in [9.17, 15) is 4.79 Å². The first-order valence-electron chi connectivity index (χ1n) is 11.0. The van der Waals surface area contributed by atoms with E-state index in [1.807, 2.05) is 73.8 Å². The Kier molecular flexibility index (Phi) is 5.84. The van der Waals surface area contributed by atoms with Crippen molar-refractivity contribution in [1.82, 2.24) is 34.9 Å². The summed E-state index contributed by atoms with van der Waals surface area (Å²) in [5.74, 6) is 0.369. The summed E-state index contributed by atoms with van der Waals surface area (Å²) in [6, 6.07) is 18.7. The second kappa shape index (κ2) is 9.24. The predicted octanol–water partition coefficient (Wildman–Crippen LogP) is 2.68. The Morgan fingerprint density at radius 2 is 1.94 bits per heavy atom. The van der Waals surface area contributed by atoms with Crippen LogP contribution in [0.15, 0.2) is 73.2 Å². The van der Waals surface area contributed by atoms with Gasteiger partial charge in [0.25, 0.3) is 0 Å². The van der Waals surface area contributed by atoms with Crippen LogP contribution in [0.1, 0.15) is 17.1 Å². The second-order valence-corrected chi connectivity index (χ2v) is 8.07. The fourth-order valence-electron chi connectivity index (χ4n) is 3.80. The molecule has 0 bridgehead atoms. The number of nitrogens with one attached hydrogen (secondary N) is 2. The third-order valence-electron chi connectivity index (χ3n) is 5.51. The number of amides is 1. The molecular weight excluding hydrogens is 428 g/mol. The van der Waals surface area contributed by atoms with Crippen LogP contribution in [0.25, 0.3) is 28.3 Å². The Balaban J connectivity index is 1.40. The maximum absolute atomic E-state index is 12.6. The highest BCUT2D eigenvalue weighted by Gasteiger charge is 2.18. The van der Waals surface area contributed by atoms with Crippen LogP contribution in [0.3, 0.4) is 0 Å². The molecule has 4 aromatic heterocycles. The third-order valence-corrected chi connectivity index (χ3v) is 5.51. The number of aryl methyl sites for hydroxylation is 1. The van der Waals surface area contributed by atoms with Gasteiger partial charge in [0.05, 0.1) is 29.7 Å². The van der Waals surface area contributed by atoms with Crippen LogP contribution in [0.4, 0.5) is 0 Å². The van der Waals surface area contributed by atoms with Crippen LogP contribution in [-0.2, 0) is 17.8 Å². The minimum atomic E-state index is -0.649. The molecule has 0 saturated heterocycles. The maximum atomic E-state index is 12.6. The number of nitrogens with zero attached hydrogens (tertiary/aromatic N) is 5. The van der Waals surface area contributed by atoms with Gasteiger partial charge in [0.15, 0.2) is 5.65 Å². The molecule has 170 valence electrons. The maximum Gasteiger partial charge on any atom is 0.237 e. The van der Waals surface area contributed by atoms with E-state index in [-0.39, 0.29) is 12.5 Å². The number of benzene rings is 1. The van der Waals surface area contributed by atoms with Crippen molar-refractivity contribution in [2.45, 2.75) is 25.9 Å². The van der Waals surface area contributed by atoms with Gasteiger partial charge in [0.2, 0.25) is 5.91 Å². The molecule has 5 rings (SSSR count). The van der Waals surface area contributed by atoms with Crippen molar-refractivity contribution >= 4 is 11.6 Å². The molecule has 5 aromatic rings. The van der Waals surface area contributed by atoms with E-state index in [0.29, 0.717) is 17.9 Å². The molecule has 4 N–H and O–H groups in total. The normalized spacial score (nSPS) is 12.1. The summed E-state index contributed by atoms with van der Waals surface area (Å²) < 4.78 is 1.70. The number of H-pyrrole nitrogens is 1. The molecule has 4 heterocycles. The van der Waals surface area contributed by atoms with Gasteiger partial charge in [0.1, 0.15) is 12.2 Å². The summed E-state index contributed by atoms with van der Waals surface area (Å²) in [6.45, 7) is 2.15. The summed E-state index contributed by atoms with van der Waals surface area (Å²) in [5.41, 5.74) is 11.9. The van der Waals surface area contributed by atoms with Crippen molar-refractivity contribution < 1.29 is 4.79 Å². The van der Waals surface area contributed by atoms with Gasteiger partial charge in [-0.15, -0.1) is 0 Å². The highest BCUT2D eigenvalue weighted by molar-refractivity contribution is 5.82. The van der Waals surface area contributed by atoms with Crippen LogP contribution in [0.2, 0.25) is 0 Å². The number of carbonyl (C=O) groups is 1. The molecule has 0 saturated carbocycles. The Morgan fingerprint density at radius 3 is 2.76 bits per heavy atom. The molecule has 1 atom stereocenters. The van der Waals surface area contributed by atoms with E-state index in [0.717, 1.165) is 33.9 Å². The Hall–Kier alpha value is -4.37. The number of hydrogen-bond acceptors (Lipinski definition) is 6. The lowest BCUT2D eigenvalue weighted by Gasteiger charge is -2.11. The van der Waals surface area contributed by atoms with Gasteiger partial charge in [0, 0.05) is 17.5 Å². The molecule has 0 aliphatic carbocycles. The van der Waals surface area contributed by atoms with Gasteiger partial charge in [-0.25, -0.2) is 14.5 Å². The molecule has 0 fully saturated rings. The van der Waals surface area contributed by atoms with E-state index >= 15 is 0 Å². The number of nitrogens with two attached hydrogens (primary N) is 1. The predicted molar refractivity (Wildman–Crippen MR) is 129 cm³/mol. The van der Waals surface area contributed by atoms with Crippen LogP contribution in [-0.4, -0.2) is 41.5 Å². The average molecular weight is 453 g/mol. The molecule has 0 aliphatic heterocycles. The fraction of sp³-hybridized carbons (Fsp3) is 0.160. The Labute approximate surface area is 196 Å². The van der Waals surface area contributed by atoms with E-state index in [1.54, 1.807) is 4.52 Å². The van der Waals surface area contributed by atoms with Crippen molar-refractivity contribution in [1.29, 1.82) is 0 Å². The first-order chi connectivity index (χ1) is 16.6. The molecule has 0 radical (unpaired) electrons. The number of aromatic amines is 1. The van der Waals surface area contributed by atoms with Crippen molar-refractivity contribution in [3.8, 4) is 22.6 Å². The van der Waals surface area contributed by atoms with Gasteiger partial charge in [-0.05, 0) is 43.2 Å². The number of aromatic nitrogens is 6. The summed E-state index contributed by atoms with van der Waals surface area (Å²) >= 11 is 0. The van der Waals surface area contributed by atoms with E-state index in [4.69, 9.17) is 10.7 Å². The Morgan fingerprint density at radius 1 is 1.09 bits per heavy atom. The number of fused-ring (bicyclic) bond motifs is 1. The number of carbonyl (C=O) groups excluding carboxylic acids is 1. The molecular formula is C25H24N8O. The largest absolute Gasteiger partial charge is 0.348 e. The van der Waals surface area contributed by atoms with Crippen molar-refractivity contribution in [2.75, 3.05) is 0 Å². The fourth-order valence-corrected chi connectivity index (χ4v) is 3.80. The molecule has 0 unspecified atom stereocenters. The molecule has 34 heavy (non-hydrogen) atoms. The lowest BCUT2D eigenvalue weighted by molar-refractivity contribution is -0.122. The molecule has 0 spiro atoms. The van der Waals surface area contributed by atoms with Crippen molar-refractivity contribution in [2.24, 2.45) is 5.73 Å². The molecule has 0 aliphatic rings. The van der Waals surface area contributed by atoms with E-state index in [2.05, 4.69) is 25.4 Å². The minimum Gasteiger partial charge on any atom is -0.348 e. The first-order valence-corrected chi connectivity index (χ1v) is 11.0. The minimum absolute atomic E-state index is 0.214. The highest BCUT2D eigenvalue weighted by atomic mass is 16.2. The first kappa shape index (κ1) is 21.5. The standard InChI is InChI=1S/C25H24N8O/c1-16-6-5-9-20(30-16)24-23(18-10-11-22-28-15-29-33(22)14-18)31-21(32-24)13-27-25(34)19(26)12-17-7-3-2-4-8-17/h2-11,14-15,19H,12-13,26H2,1H3,(H,27,34)(H,31,32)/t19-/m0/s1. The van der Waals surface area contributed by atoms with Crippen LogP contribution in [0.5, 0.6) is 0 Å². The van der Waals surface area contributed by atoms with Crippen LogP contribution in [0, 0.1) is 6.92 Å². The quantitative estimate of drug-likeness (QED) is 0.348. The monoisotopic (exact) mass is 452 g/mol. The van der Waals surface area contributed by atoms with E-state index < -0.39 is 6.04 Å². The summed E-state index contributed by atoms with van der Waals surface area (Å²) in [7, 11) is 0. The molecule has 9 heteroatoms. The summed E-state index contributed by atoms with van der Waals surface area (Å²) in [6.07, 6.45) is 3.84. The number of rotatable bonds is 7. The lowest BCUT2D eigenvalue weighted by Crippen LogP contribution is -2.41. The number of pyridine rings is 2. The molecule has 1 amide bonds. The smallest absolute Gasteiger partial charge is 0.237 e. The average Bonchev–Trinajstić information content (AvgIpc) is 3.50. The van der Waals surface area contributed by atoms with Gasteiger partial charge in [-0.1, -0.05) is 36.4 Å². The van der Waals surface area contributed by atoms with Crippen molar-refractivity contribution in [3.63, 3.8) is 0 Å². The number of hydrogen-bond donors (Lipinski definition) is 3. The summed E-state index contributed by atoms with van der Waals surface area (Å²) in [5, 5.41) is 7.12. The zero-order chi connectivity index (χ0) is 23.5. The van der Waals surface area contributed by atoms with Crippen LogP contribution >= 0.6 is 0 Å².